The number of nitrogens with zero attached hydrogens (tertiary/aromatic N) is 1. The monoisotopic (exact) mass is 406 g/mol. The van der Waals surface area contributed by atoms with Crippen molar-refractivity contribution in [1.82, 2.24) is 9.97 Å². The summed E-state index contributed by atoms with van der Waals surface area (Å²) in [6.07, 6.45) is 1.93. The van der Waals surface area contributed by atoms with Crippen molar-refractivity contribution in [3.05, 3.63) is 59.6 Å². The molecule has 0 saturated carbocycles. The molecule has 2 aromatic carbocycles. The highest BCUT2D eigenvalue weighted by Gasteiger charge is 2.18. The Labute approximate surface area is 168 Å². The molecule has 0 fully saturated rings. The third-order valence-electron chi connectivity index (χ3n) is 4.46. The van der Waals surface area contributed by atoms with E-state index in [9.17, 15) is 9.59 Å². The minimum Gasteiger partial charge on any atom is -0.360 e. The topological polar surface area (TPSA) is 86.9 Å². The normalized spacial score (nSPS) is 13.2. The lowest BCUT2D eigenvalue weighted by Gasteiger charge is -2.16. The van der Waals surface area contributed by atoms with Gasteiger partial charge < -0.3 is 10.3 Å². The zero-order valence-corrected chi connectivity index (χ0v) is 16.1. The minimum absolute atomic E-state index is 0.0571. The van der Waals surface area contributed by atoms with E-state index in [0.717, 1.165) is 27.1 Å². The Kier molecular flexibility index (Phi) is 4.14. The maximum absolute atomic E-state index is 12.6. The summed E-state index contributed by atoms with van der Waals surface area (Å²) in [4.78, 5) is 32.9. The Morgan fingerprint density at radius 1 is 1.18 bits per heavy atom. The molecule has 0 bridgehead atoms. The van der Waals surface area contributed by atoms with Crippen LogP contribution < -0.4 is 10.6 Å². The largest absolute Gasteiger partial charge is 0.360 e. The second-order valence-electron chi connectivity index (χ2n) is 6.29. The van der Waals surface area contributed by atoms with Crippen LogP contribution in [0.1, 0.15) is 10.4 Å². The number of nitrogens with one attached hydrogen (secondary N) is 3. The molecule has 0 saturated heterocycles. The van der Waals surface area contributed by atoms with Gasteiger partial charge in [0.15, 0.2) is 5.13 Å². The summed E-state index contributed by atoms with van der Waals surface area (Å²) in [6, 6.07) is 13.3. The SMILES string of the molecule is O=C1CSc2ccc(C(=O)Nc3nc(-c4c[nH]c5ccccc45)cs3)cc2N1. The van der Waals surface area contributed by atoms with Gasteiger partial charge in [-0.2, -0.15) is 0 Å². The van der Waals surface area contributed by atoms with Crippen LogP contribution in [0.3, 0.4) is 0 Å². The molecule has 0 aliphatic carbocycles. The smallest absolute Gasteiger partial charge is 0.257 e. The second kappa shape index (κ2) is 6.81. The zero-order chi connectivity index (χ0) is 19.1. The number of benzene rings is 2. The van der Waals surface area contributed by atoms with Crippen molar-refractivity contribution in [2.45, 2.75) is 4.90 Å². The molecular weight excluding hydrogens is 392 g/mol. The van der Waals surface area contributed by atoms with Crippen LogP contribution in [0.4, 0.5) is 10.8 Å². The molecule has 28 heavy (non-hydrogen) atoms. The molecule has 3 heterocycles. The van der Waals surface area contributed by atoms with Crippen molar-refractivity contribution in [3.8, 4) is 11.3 Å². The van der Waals surface area contributed by atoms with Crippen molar-refractivity contribution in [3.63, 3.8) is 0 Å². The first-order valence-electron chi connectivity index (χ1n) is 8.57. The lowest BCUT2D eigenvalue weighted by atomic mass is 10.1. The number of thiazole rings is 1. The molecule has 0 unspecified atom stereocenters. The van der Waals surface area contributed by atoms with Crippen LogP contribution in [0.15, 0.2) is 58.9 Å². The van der Waals surface area contributed by atoms with Crippen LogP contribution in [-0.2, 0) is 4.79 Å². The van der Waals surface area contributed by atoms with Gasteiger partial charge in [-0.1, -0.05) is 18.2 Å². The highest BCUT2D eigenvalue weighted by molar-refractivity contribution is 8.00. The van der Waals surface area contributed by atoms with Crippen LogP contribution in [0.25, 0.3) is 22.2 Å². The molecule has 138 valence electrons. The fraction of sp³-hybridized carbons (Fsp3) is 0.0500. The lowest BCUT2D eigenvalue weighted by Crippen LogP contribution is -2.19. The number of aromatic amines is 1. The predicted molar refractivity (Wildman–Crippen MR) is 113 cm³/mol. The third kappa shape index (κ3) is 3.06. The van der Waals surface area contributed by atoms with Crippen molar-refractivity contribution >= 4 is 56.6 Å². The first-order chi connectivity index (χ1) is 13.7. The Bertz CT molecular complexity index is 1230. The average molecular weight is 406 g/mol. The molecule has 0 radical (unpaired) electrons. The van der Waals surface area contributed by atoms with Gasteiger partial charge in [0.05, 0.1) is 17.1 Å². The number of carbonyl (C=O) groups is 2. The van der Waals surface area contributed by atoms with Gasteiger partial charge >= 0.3 is 0 Å². The Morgan fingerprint density at radius 2 is 2.07 bits per heavy atom. The summed E-state index contributed by atoms with van der Waals surface area (Å²) in [7, 11) is 0. The number of carbonyl (C=O) groups excluding carboxylic acids is 2. The van der Waals surface area contributed by atoms with E-state index in [1.165, 1.54) is 23.1 Å². The van der Waals surface area contributed by atoms with Gasteiger partial charge in [0.1, 0.15) is 0 Å². The Hall–Kier alpha value is -3.10. The van der Waals surface area contributed by atoms with Gasteiger partial charge in [-0.05, 0) is 24.3 Å². The number of hydrogen-bond acceptors (Lipinski definition) is 5. The molecule has 2 amide bonds. The van der Waals surface area contributed by atoms with E-state index in [-0.39, 0.29) is 11.8 Å². The summed E-state index contributed by atoms with van der Waals surface area (Å²) >= 11 is 2.84. The molecule has 1 aliphatic heterocycles. The fourth-order valence-corrected chi connectivity index (χ4v) is 4.63. The Morgan fingerprint density at radius 3 is 3.00 bits per heavy atom. The molecule has 6 nitrogen and oxygen atoms in total. The molecule has 8 heteroatoms. The van der Waals surface area contributed by atoms with Gasteiger partial charge in [-0.3, -0.25) is 14.9 Å². The van der Waals surface area contributed by atoms with Gasteiger partial charge in [0.2, 0.25) is 5.91 Å². The van der Waals surface area contributed by atoms with Gasteiger partial charge in [0, 0.05) is 38.5 Å². The summed E-state index contributed by atoms with van der Waals surface area (Å²) in [5, 5.41) is 9.19. The average Bonchev–Trinajstić information content (AvgIpc) is 3.34. The van der Waals surface area contributed by atoms with Crippen molar-refractivity contribution in [2.24, 2.45) is 0 Å². The minimum atomic E-state index is -0.257. The molecular formula is C20H14N4O2S2. The van der Waals surface area contributed by atoms with Gasteiger partial charge in [-0.15, -0.1) is 23.1 Å². The quantitative estimate of drug-likeness (QED) is 0.464. The van der Waals surface area contributed by atoms with E-state index < -0.39 is 0 Å². The maximum atomic E-state index is 12.6. The number of aromatic nitrogens is 2. The summed E-state index contributed by atoms with van der Waals surface area (Å²) in [5.41, 5.74) is 4.01. The molecule has 0 spiro atoms. The number of hydrogen-bond donors (Lipinski definition) is 3. The standard InChI is InChI=1S/C20H14N4O2S2/c25-18-10-27-17-6-5-11(7-15(17)22-18)19(26)24-20-23-16(9-28-20)13-8-21-14-4-2-1-3-12(13)14/h1-9,21H,10H2,(H,22,25)(H,23,24,26). The fourth-order valence-electron chi connectivity index (χ4n) is 3.13. The number of amides is 2. The highest BCUT2D eigenvalue weighted by atomic mass is 32.2. The molecule has 0 atom stereocenters. The van der Waals surface area contributed by atoms with E-state index in [1.54, 1.807) is 12.1 Å². The number of anilines is 2. The molecule has 4 aromatic rings. The predicted octanol–water partition coefficient (Wildman–Crippen LogP) is 4.59. The maximum Gasteiger partial charge on any atom is 0.257 e. The van der Waals surface area contributed by atoms with Crippen LogP contribution in [0.5, 0.6) is 0 Å². The lowest BCUT2D eigenvalue weighted by molar-refractivity contribution is -0.113. The molecule has 1 aliphatic rings. The summed E-state index contributed by atoms with van der Waals surface area (Å²) in [5.74, 6) is 0.0830. The van der Waals surface area contributed by atoms with Gasteiger partial charge in [-0.25, -0.2) is 4.98 Å². The molecule has 2 aromatic heterocycles. The highest BCUT2D eigenvalue weighted by Crippen LogP contribution is 2.33. The van der Waals surface area contributed by atoms with E-state index >= 15 is 0 Å². The third-order valence-corrected chi connectivity index (χ3v) is 6.30. The first-order valence-corrected chi connectivity index (χ1v) is 10.4. The van der Waals surface area contributed by atoms with Crippen molar-refractivity contribution in [2.75, 3.05) is 16.4 Å². The first kappa shape index (κ1) is 17.0. The second-order valence-corrected chi connectivity index (χ2v) is 8.16. The van der Waals surface area contributed by atoms with E-state index in [4.69, 9.17) is 0 Å². The number of fused-ring (bicyclic) bond motifs is 2. The van der Waals surface area contributed by atoms with Crippen LogP contribution in [0, 0.1) is 0 Å². The summed E-state index contributed by atoms with van der Waals surface area (Å²) < 4.78 is 0. The van der Waals surface area contributed by atoms with Crippen molar-refractivity contribution < 1.29 is 9.59 Å². The van der Waals surface area contributed by atoms with Crippen LogP contribution >= 0.6 is 23.1 Å². The number of para-hydroxylation sites is 1. The zero-order valence-electron chi connectivity index (χ0n) is 14.5. The number of rotatable bonds is 3. The number of thioether (sulfide) groups is 1. The van der Waals surface area contributed by atoms with E-state index in [0.29, 0.717) is 22.1 Å². The van der Waals surface area contributed by atoms with Gasteiger partial charge in [0.25, 0.3) is 5.91 Å². The summed E-state index contributed by atoms with van der Waals surface area (Å²) in [6.45, 7) is 0. The molecule has 5 rings (SSSR count). The van der Waals surface area contributed by atoms with Crippen LogP contribution in [0.2, 0.25) is 0 Å². The van der Waals surface area contributed by atoms with Crippen molar-refractivity contribution in [1.29, 1.82) is 0 Å². The van der Waals surface area contributed by atoms with E-state index in [1.807, 2.05) is 41.9 Å². The Balaban J connectivity index is 1.38. The van der Waals surface area contributed by atoms with E-state index in [2.05, 4.69) is 20.6 Å². The molecule has 3 N–H and O–H groups in total. The number of H-pyrrole nitrogens is 1. The van der Waals surface area contributed by atoms with Crippen LogP contribution in [-0.4, -0.2) is 27.5 Å².